The first kappa shape index (κ1) is 25.9. The van der Waals surface area contributed by atoms with Crippen LogP contribution in [-0.4, -0.2) is 49.6 Å². The Kier molecular flexibility index (Phi) is 8.56. The number of hydrogen-bond donors (Lipinski definition) is 2. The minimum Gasteiger partial charge on any atom is -0.340 e. The van der Waals surface area contributed by atoms with Crippen LogP contribution in [0.5, 0.6) is 0 Å². The van der Waals surface area contributed by atoms with Gasteiger partial charge >= 0.3 is 0 Å². The summed E-state index contributed by atoms with van der Waals surface area (Å²) in [5.41, 5.74) is 3.98. The molecular formula is C28H34N8O. The van der Waals surface area contributed by atoms with Crippen molar-refractivity contribution in [3.63, 3.8) is 0 Å². The lowest BCUT2D eigenvalue weighted by Crippen LogP contribution is -2.29. The number of anilines is 2. The molecule has 1 fully saturated rings. The fourth-order valence-electron chi connectivity index (χ4n) is 3.94. The summed E-state index contributed by atoms with van der Waals surface area (Å²) in [5.74, 6) is 1.95. The van der Waals surface area contributed by atoms with Crippen LogP contribution >= 0.6 is 0 Å². The van der Waals surface area contributed by atoms with E-state index in [1.165, 1.54) is 12.8 Å². The van der Waals surface area contributed by atoms with E-state index in [-0.39, 0.29) is 12.3 Å². The van der Waals surface area contributed by atoms with Gasteiger partial charge in [-0.25, -0.2) is 4.98 Å². The number of aromatic amines is 1. The monoisotopic (exact) mass is 498 g/mol. The van der Waals surface area contributed by atoms with Crippen LogP contribution < -0.4 is 10.2 Å². The molecule has 37 heavy (non-hydrogen) atoms. The Labute approximate surface area is 217 Å². The Morgan fingerprint density at radius 2 is 2.03 bits per heavy atom. The zero-order valence-electron chi connectivity index (χ0n) is 21.7. The van der Waals surface area contributed by atoms with Gasteiger partial charge in [-0.15, -0.1) is 10.2 Å². The molecule has 1 aliphatic rings. The molecule has 4 rings (SSSR count). The number of nitrogens with zero attached hydrogens (tertiary/aromatic N) is 6. The molecule has 0 spiro atoms. The van der Waals surface area contributed by atoms with Crippen molar-refractivity contribution in [2.45, 2.75) is 46.5 Å². The van der Waals surface area contributed by atoms with Crippen LogP contribution in [0.25, 0.3) is 11.1 Å². The van der Waals surface area contributed by atoms with Gasteiger partial charge in [0, 0.05) is 30.3 Å². The second kappa shape index (κ2) is 12.2. The number of allylic oxidation sites excluding steroid dienone is 5. The van der Waals surface area contributed by atoms with E-state index >= 15 is 0 Å². The zero-order chi connectivity index (χ0) is 26.2. The fraction of sp³-hybridized carbons (Fsp3) is 0.357. The maximum absolute atomic E-state index is 12.9. The van der Waals surface area contributed by atoms with Crippen molar-refractivity contribution in [2.24, 2.45) is 5.92 Å². The quantitative estimate of drug-likeness (QED) is 0.346. The van der Waals surface area contributed by atoms with E-state index < -0.39 is 0 Å². The average molecular weight is 499 g/mol. The maximum atomic E-state index is 12.9. The number of rotatable bonds is 12. The van der Waals surface area contributed by atoms with Crippen molar-refractivity contribution in [1.82, 2.24) is 30.6 Å². The van der Waals surface area contributed by atoms with Crippen LogP contribution in [-0.2, 0) is 11.2 Å². The number of benzene rings is 1. The summed E-state index contributed by atoms with van der Waals surface area (Å²) in [6.07, 6.45) is 9.34. The predicted molar refractivity (Wildman–Crippen MR) is 147 cm³/mol. The highest BCUT2D eigenvalue weighted by Gasteiger charge is 2.26. The van der Waals surface area contributed by atoms with E-state index in [2.05, 4.69) is 44.3 Å². The third kappa shape index (κ3) is 7.19. The van der Waals surface area contributed by atoms with Crippen LogP contribution in [0.1, 0.15) is 55.8 Å². The summed E-state index contributed by atoms with van der Waals surface area (Å²) in [6, 6.07) is 9.70. The average Bonchev–Trinajstić information content (AvgIpc) is 3.54. The van der Waals surface area contributed by atoms with Gasteiger partial charge in [-0.05, 0) is 49.8 Å². The molecular weight excluding hydrogens is 464 g/mol. The first-order chi connectivity index (χ1) is 18.0. The van der Waals surface area contributed by atoms with E-state index in [9.17, 15) is 4.79 Å². The van der Waals surface area contributed by atoms with E-state index in [0.717, 1.165) is 30.6 Å². The largest absolute Gasteiger partial charge is 0.340 e. The molecule has 9 heteroatoms. The number of aryl methyl sites for hydroxylation is 1. The van der Waals surface area contributed by atoms with Crippen LogP contribution in [0, 0.1) is 12.8 Å². The van der Waals surface area contributed by atoms with Gasteiger partial charge in [0.1, 0.15) is 5.82 Å². The highest BCUT2D eigenvalue weighted by Crippen LogP contribution is 2.33. The fourth-order valence-corrected chi connectivity index (χ4v) is 3.94. The number of H-pyrrole nitrogens is 1. The van der Waals surface area contributed by atoms with Gasteiger partial charge in [0.2, 0.25) is 17.7 Å². The lowest BCUT2D eigenvalue weighted by atomic mass is 10.0. The molecule has 0 bridgehead atoms. The summed E-state index contributed by atoms with van der Waals surface area (Å²) >= 11 is 0. The first-order valence-electron chi connectivity index (χ1n) is 12.7. The Morgan fingerprint density at radius 3 is 2.68 bits per heavy atom. The molecule has 2 N–H and O–H groups in total. The third-order valence-electron chi connectivity index (χ3n) is 6.09. The zero-order valence-corrected chi connectivity index (χ0v) is 21.7. The van der Waals surface area contributed by atoms with Gasteiger partial charge in [0.15, 0.2) is 0 Å². The van der Waals surface area contributed by atoms with Crippen molar-refractivity contribution in [1.29, 1.82) is 0 Å². The Balaban J connectivity index is 1.67. The molecule has 0 radical (unpaired) electrons. The highest BCUT2D eigenvalue weighted by molar-refractivity contribution is 6.02. The van der Waals surface area contributed by atoms with Crippen LogP contribution in [0.2, 0.25) is 0 Å². The molecule has 0 aliphatic heterocycles. The Hall–Kier alpha value is -4.14. The molecule has 1 aliphatic carbocycles. The number of nitrogens with one attached hydrogen (secondary N) is 2. The Bertz CT molecular complexity index is 1270. The summed E-state index contributed by atoms with van der Waals surface area (Å²) < 4.78 is 0. The molecule has 2 heterocycles. The molecule has 3 aromatic rings. The molecule has 9 nitrogen and oxygen atoms in total. The van der Waals surface area contributed by atoms with Crippen molar-refractivity contribution in [2.75, 3.05) is 23.3 Å². The van der Waals surface area contributed by atoms with E-state index in [1.807, 2.05) is 56.3 Å². The van der Waals surface area contributed by atoms with Gasteiger partial charge in [-0.2, -0.15) is 10.2 Å². The Morgan fingerprint density at radius 1 is 1.24 bits per heavy atom. The summed E-state index contributed by atoms with van der Waals surface area (Å²) in [6.45, 7) is 12.1. The van der Waals surface area contributed by atoms with Crippen molar-refractivity contribution in [3.05, 3.63) is 77.8 Å². The topological polar surface area (TPSA) is 113 Å². The minimum absolute atomic E-state index is 0.142. The molecule has 2 aromatic heterocycles. The highest BCUT2D eigenvalue weighted by atomic mass is 16.1. The molecule has 192 valence electrons. The molecule has 0 saturated heterocycles. The number of carbonyl (C=O) groups is 1. The lowest BCUT2D eigenvalue weighted by Gasteiger charge is -2.23. The molecule has 1 amide bonds. The standard InChI is InChI=1S/C28H34N8O/c1-5-7-8-23(27-32-34-35-33-27)20(4)24-17-25(30-26(37)16-21-11-9-19(3)10-12-21)31-28(29-24)36(15-6-2)18-22-13-14-22/h5,7-12,17,22H,4,6,13-16,18H2,1-3H3,(H,29,30,31,37)(H,32,33,34,35)/b7-5-,23-8+. The number of aromatic nitrogens is 6. The second-order valence-electron chi connectivity index (χ2n) is 9.36. The lowest BCUT2D eigenvalue weighted by molar-refractivity contribution is -0.115. The SMILES string of the molecule is C=C(/C(=C\C=C/C)c1nn[nH]n1)c1cc(NC(=O)Cc2ccc(C)cc2)nc(N(CCC)CC2CC2)n1. The van der Waals surface area contributed by atoms with Crippen LogP contribution in [0.3, 0.4) is 0 Å². The van der Waals surface area contributed by atoms with Gasteiger partial charge in [-0.3, -0.25) is 4.79 Å². The van der Waals surface area contributed by atoms with Crippen LogP contribution in [0.15, 0.2) is 55.1 Å². The van der Waals surface area contributed by atoms with E-state index in [1.54, 1.807) is 6.07 Å². The molecule has 0 atom stereocenters. The number of hydrogen-bond acceptors (Lipinski definition) is 7. The summed E-state index contributed by atoms with van der Waals surface area (Å²) in [7, 11) is 0. The van der Waals surface area contributed by atoms with E-state index in [4.69, 9.17) is 9.97 Å². The normalized spacial score (nSPS) is 13.6. The number of tetrazole rings is 1. The number of carbonyl (C=O) groups excluding carboxylic acids is 1. The minimum atomic E-state index is -0.142. The molecule has 1 saturated carbocycles. The molecule has 0 unspecified atom stereocenters. The van der Waals surface area contributed by atoms with Crippen molar-refractivity contribution >= 4 is 28.8 Å². The summed E-state index contributed by atoms with van der Waals surface area (Å²) in [4.78, 5) is 24.8. The first-order valence-corrected chi connectivity index (χ1v) is 12.7. The van der Waals surface area contributed by atoms with E-state index in [0.29, 0.717) is 40.3 Å². The van der Waals surface area contributed by atoms with Gasteiger partial charge in [-0.1, -0.05) is 61.6 Å². The van der Waals surface area contributed by atoms with Gasteiger partial charge < -0.3 is 10.2 Å². The van der Waals surface area contributed by atoms with Crippen molar-refractivity contribution < 1.29 is 4.79 Å². The van der Waals surface area contributed by atoms with Gasteiger partial charge in [0.25, 0.3) is 0 Å². The molecule has 1 aromatic carbocycles. The number of amides is 1. The van der Waals surface area contributed by atoms with Crippen LogP contribution in [0.4, 0.5) is 11.8 Å². The second-order valence-corrected chi connectivity index (χ2v) is 9.36. The third-order valence-corrected chi connectivity index (χ3v) is 6.09. The smallest absolute Gasteiger partial charge is 0.229 e. The predicted octanol–water partition coefficient (Wildman–Crippen LogP) is 4.78. The van der Waals surface area contributed by atoms with Gasteiger partial charge in [0.05, 0.1) is 12.1 Å². The maximum Gasteiger partial charge on any atom is 0.229 e. The van der Waals surface area contributed by atoms with Crippen molar-refractivity contribution in [3.8, 4) is 0 Å². The summed E-state index contributed by atoms with van der Waals surface area (Å²) in [5, 5.41) is 17.5.